The average Bonchev–Trinajstić information content (AvgIpc) is 2.75. The first-order chi connectivity index (χ1) is 15.2. The third-order valence-electron chi connectivity index (χ3n) is 5.76. The lowest BCUT2D eigenvalue weighted by atomic mass is 10.0. The average molecular weight is 435 g/mol. The summed E-state index contributed by atoms with van der Waals surface area (Å²) in [4.78, 5) is 10.3. The number of carbonyl (C=O) groups is 1. The van der Waals surface area contributed by atoms with Crippen LogP contribution < -0.4 is 0 Å². The summed E-state index contributed by atoms with van der Waals surface area (Å²) in [6.07, 6.45) is 34.5. The molecule has 2 N–H and O–H groups in total. The molecule has 0 fully saturated rings. The second kappa shape index (κ2) is 24.9. The van der Waals surface area contributed by atoms with Gasteiger partial charge in [0.1, 0.15) is 0 Å². The lowest BCUT2D eigenvalue weighted by Gasteiger charge is -2.05. The molecule has 31 heavy (non-hydrogen) atoms. The van der Waals surface area contributed by atoms with Crippen molar-refractivity contribution in [3.63, 3.8) is 0 Å². The normalized spacial score (nSPS) is 13.1. The van der Waals surface area contributed by atoms with Gasteiger partial charge in [-0.15, -0.1) is 0 Å². The monoisotopic (exact) mass is 434 g/mol. The number of aliphatic carboxylic acids is 1. The largest absolute Gasteiger partial charge is 0.478 e. The number of rotatable bonds is 23. The predicted molar refractivity (Wildman–Crippen MR) is 134 cm³/mol. The van der Waals surface area contributed by atoms with E-state index in [2.05, 4.69) is 6.92 Å². The highest BCUT2D eigenvalue weighted by Crippen LogP contribution is 2.15. The summed E-state index contributed by atoms with van der Waals surface area (Å²) < 4.78 is 0. The molecule has 0 amide bonds. The molecule has 1 unspecified atom stereocenters. The van der Waals surface area contributed by atoms with E-state index in [1.807, 2.05) is 0 Å². The molecule has 0 heterocycles. The number of aliphatic hydroxyl groups excluding tert-OH is 1. The maximum absolute atomic E-state index is 10.3. The first-order valence-corrected chi connectivity index (χ1v) is 13.1. The molecular weight excluding hydrogens is 384 g/mol. The predicted octanol–water partition coefficient (Wildman–Crippen LogP) is 8.53. The van der Waals surface area contributed by atoms with E-state index in [0.29, 0.717) is 0 Å². The fourth-order valence-corrected chi connectivity index (χ4v) is 3.81. The maximum atomic E-state index is 10.3. The van der Waals surface area contributed by atoms with E-state index in [9.17, 15) is 9.90 Å². The number of aliphatic hydroxyl groups is 1. The van der Waals surface area contributed by atoms with Crippen LogP contribution in [0.25, 0.3) is 0 Å². The van der Waals surface area contributed by atoms with Crippen LogP contribution in [0.5, 0.6) is 0 Å². The van der Waals surface area contributed by atoms with Crippen LogP contribution in [-0.4, -0.2) is 22.3 Å². The standard InChI is InChI=1S/C28H50O3/c1-2-3-4-5-6-7-8-9-10-11-12-13-14-15-16-17-18-21-24-27(29)25-22-19-20-23-26-28(30)31/h19-20,22-23,25-27,29H,2-18,21,24H2,1H3,(H,30,31). The molecule has 0 aliphatic carbocycles. The third-order valence-corrected chi connectivity index (χ3v) is 5.76. The van der Waals surface area contributed by atoms with Crippen molar-refractivity contribution in [3.05, 3.63) is 36.5 Å². The Labute approximate surface area is 192 Å². The molecule has 0 bridgehead atoms. The molecule has 0 radical (unpaired) electrons. The summed E-state index contributed by atoms with van der Waals surface area (Å²) in [7, 11) is 0. The molecule has 0 aliphatic rings. The maximum Gasteiger partial charge on any atom is 0.328 e. The van der Waals surface area contributed by atoms with Crippen LogP contribution in [0.15, 0.2) is 36.5 Å². The molecule has 1 atom stereocenters. The van der Waals surface area contributed by atoms with E-state index in [-0.39, 0.29) is 0 Å². The second-order valence-electron chi connectivity index (χ2n) is 8.83. The van der Waals surface area contributed by atoms with Gasteiger partial charge in [0.15, 0.2) is 0 Å². The first-order valence-electron chi connectivity index (χ1n) is 13.1. The molecule has 0 saturated heterocycles. The van der Waals surface area contributed by atoms with Gasteiger partial charge >= 0.3 is 5.97 Å². The molecule has 0 saturated carbocycles. The molecule has 180 valence electrons. The molecule has 0 aromatic rings. The Bertz CT molecular complexity index is 465. The van der Waals surface area contributed by atoms with Crippen LogP contribution in [0.4, 0.5) is 0 Å². The Morgan fingerprint density at radius 1 is 0.613 bits per heavy atom. The number of allylic oxidation sites excluding steroid dienone is 4. The Kier molecular flexibility index (Phi) is 23.8. The van der Waals surface area contributed by atoms with Gasteiger partial charge in [-0.2, -0.15) is 0 Å². The Balaban J connectivity index is 3.26. The van der Waals surface area contributed by atoms with Crippen molar-refractivity contribution < 1.29 is 15.0 Å². The smallest absolute Gasteiger partial charge is 0.328 e. The van der Waals surface area contributed by atoms with E-state index in [1.54, 1.807) is 24.3 Å². The van der Waals surface area contributed by atoms with E-state index < -0.39 is 12.1 Å². The molecule has 3 heteroatoms. The second-order valence-corrected chi connectivity index (χ2v) is 8.83. The zero-order valence-electron chi connectivity index (χ0n) is 20.3. The molecule has 0 aromatic carbocycles. The Morgan fingerprint density at radius 2 is 1.00 bits per heavy atom. The number of hydrogen-bond donors (Lipinski definition) is 2. The van der Waals surface area contributed by atoms with Gasteiger partial charge in [-0.05, 0) is 6.42 Å². The lowest BCUT2D eigenvalue weighted by Crippen LogP contribution is -2.01. The highest BCUT2D eigenvalue weighted by atomic mass is 16.4. The topological polar surface area (TPSA) is 57.5 Å². The van der Waals surface area contributed by atoms with Crippen LogP contribution in [-0.2, 0) is 4.79 Å². The van der Waals surface area contributed by atoms with E-state index in [1.165, 1.54) is 115 Å². The van der Waals surface area contributed by atoms with Crippen molar-refractivity contribution in [2.45, 2.75) is 135 Å². The quantitative estimate of drug-likeness (QED) is 0.0962. The fourth-order valence-electron chi connectivity index (χ4n) is 3.81. The molecule has 0 aliphatic heterocycles. The Hall–Kier alpha value is -1.35. The van der Waals surface area contributed by atoms with Crippen LogP contribution >= 0.6 is 0 Å². The van der Waals surface area contributed by atoms with Crippen LogP contribution in [0.2, 0.25) is 0 Å². The molecule has 0 spiro atoms. The van der Waals surface area contributed by atoms with E-state index in [0.717, 1.165) is 18.9 Å². The van der Waals surface area contributed by atoms with Gasteiger partial charge in [0.25, 0.3) is 0 Å². The van der Waals surface area contributed by atoms with Crippen molar-refractivity contribution in [1.82, 2.24) is 0 Å². The SMILES string of the molecule is CCCCCCCCCCCCCCCCCCCCC(O)C=CC=CC=CC(=O)O. The van der Waals surface area contributed by atoms with Crippen molar-refractivity contribution in [2.75, 3.05) is 0 Å². The summed E-state index contributed by atoms with van der Waals surface area (Å²) in [6.45, 7) is 2.28. The van der Waals surface area contributed by atoms with Crippen LogP contribution in [0, 0.1) is 0 Å². The summed E-state index contributed by atoms with van der Waals surface area (Å²) >= 11 is 0. The molecule has 0 rings (SSSR count). The van der Waals surface area contributed by atoms with Gasteiger partial charge in [-0.1, -0.05) is 153 Å². The van der Waals surface area contributed by atoms with Crippen molar-refractivity contribution in [1.29, 1.82) is 0 Å². The van der Waals surface area contributed by atoms with Gasteiger partial charge in [-0.3, -0.25) is 0 Å². The van der Waals surface area contributed by atoms with Crippen molar-refractivity contribution in [2.24, 2.45) is 0 Å². The zero-order chi connectivity index (χ0) is 22.8. The lowest BCUT2D eigenvalue weighted by molar-refractivity contribution is -0.131. The Morgan fingerprint density at radius 3 is 1.42 bits per heavy atom. The van der Waals surface area contributed by atoms with Crippen LogP contribution in [0.3, 0.4) is 0 Å². The van der Waals surface area contributed by atoms with Gasteiger partial charge in [0, 0.05) is 6.08 Å². The van der Waals surface area contributed by atoms with Gasteiger partial charge in [0.05, 0.1) is 6.10 Å². The minimum absolute atomic E-state index is 0.408. The summed E-state index contributed by atoms with van der Waals surface area (Å²) in [5.41, 5.74) is 0. The summed E-state index contributed by atoms with van der Waals surface area (Å²) in [5, 5.41) is 18.4. The van der Waals surface area contributed by atoms with E-state index in [4.69, 9.17) is 5.11 Å². The van der Waals surface area contributed by atoms with E-state index >= 15 is 0 Å². The molecular formula is C28H50O3. The summed E-state index contributed by atoms with van der Waals surface area (Å²) in [5.74, 6) is -0.956. The third kappa shape index (κ3) is 26.6. The number of carboxylic acids is 1. The first kappa shape index (κ1) is 29.7. The minimum Gasteiger partial charge on any atom is -0.478 e. The minimum atomic E-state index is -0.956. The number of hydrogen-bond acceptors (Lipinski definition) is 2. The molecule has 0 aromatic heterocycles. The highest BCUT2D eigenvalue weighted by molar-refractivity contribution is 5.80. The van der Waals surface area contributed by atoms with Gasteiger partial charge in [-0.25, -0.2) is 4.79 Å². The fraction of sp³-hybridized carbons (Fsp3) is 0.750. The van der Waals surface area contributed by atoms with Crippen molar-refractivity contribution >= 4 is 5.97 Å². The highest BCUT2D eigenvalue weighted by Gasteiger charge is 1.99. The molecule has 3 nitrogen and oxygen atoms in total. The number of unbranched alkanes of at least 4 members (excludes halogenated alkanes) is 17. The zero-order valence-corrected chi connectivity index (χ0v) is 20.3. The van der Waals surface area contributed by atoms with Crippen molar-refractivity contribution in [3.8, 4) is 0 Å². The van der Waals surface area contributed by atoms with Gasteiger partial charge in [0.2, 0.25) is 0 Å². The van der Waals surface area contributed by atoms with Crippen LogP contribution in [0.1, 0.15) is 129 Å². The summed E-state index contributed by atoms with van der Waals surface area (Å²) in [6, 6.07) is 0. The number of carboxylic acid groups (broad SMARTS) is 1. The van der Waals surface area contributed by atoms with Gasteiger partial charge < -0.3 is 10.2 Å².